The van der Waals surface area contributed by atoms with Gasteiger partial charge in [0.05, 0.1) is 16.8 Å². The van der Waals surface area contributed by atoms with Gasteiger partial charge in [0.2, 0.25) is 5.91 Å². The minimum absolute atomic E-state index is 0.0178. The van der Waals surface area contributed by atoms with Crippen LogP contribution in [0.5, 0.6) is 5.75 Å². The number of carbonyl (C=O) groups is 1. The molecule has 0 fully saturated rings. The van der Waals surface area contributed by atoms with E-state index in [9.17, 15) is 18.0 Å². The first-order chi connectivity index (χ1) is 12.2. The van der Waals surface area contributed by atoms with E-state index in [2.05, 4.69) is 10.3 Å². The van der Waals surface area contributed by atoms with Crippen LogP contribution >= 0.6 is 23.2 Å². The molecule has 1 heterocycles. The van der Waals surface area contributed by atoms with E-state index in [4.69, 9.17) is 27.9 Å². The number of alkyl halides is 2. The zero-order valence-electron chi connectivity index (χ0n) is 13.8. The van der Waals surface area contributed by atoms with E-state index in [0.717, 1.165) is 6.07 Å². The van der Waals surface area contributed by atoms with E-state index >= 15 is 0 Å². The fraction of sp³-hybridized carbons (Fsp3) is 0.294. The maximum absolute atomic E-state index is 14.4. The summed E-state index contributed by atoms with van der Waals surface area (Å²) in [6.45, 7) is 2.02. The highest BCUT2D eigenvalue weighted by Crippen LogP contribution is 2.39. The number of ether oxygens (including phenoxy) is 1. The largest absolute Gasteiger partial charge is 0.485 e. The normalized spacial score (nSPS) is 12.2. The average molecular weight is 407 g/mol. The molecule has 140 valence electrons. The Kier molecular flexibility index (Phi) is 6.72. The highest BCUT2D eigenvalue weighted by Gasteiger charge is 2.19. The van der Waals surface area contributed by atoms with Gasteiger partial charge in [-0.15, -0.1) is 0 Å². The Morgan fingerprint density at radius 2 is 2.00 bits per heavy atom. The first-order valence-corrected chi connectivity index (χ1v) is 8.27. The Labute approximate surface area is 158 Å². The van der Waals surface area contributed by atoms with Gasteiger partial charge in [-0.1, -0.05) is 23.2 Å². The lowest BCUT2D eigenvalue weighted by Gasteiger charge is -2.16. The number of aromatic nitrogens is 1. The number of benzene rings is 1. The zero-order valence-corrected chi connectivity index (χ0v) is 15.3. The second-order valence-corrected chi connectivity index (χ2v) is 6.32. The molecular formula is C17H15Cl2F3N2O2. The van der Waals surface area contributed by atoms with Crippen LogP contribution in [-0.2, 0) is 4.79 Å². The van der Waals surface area contributed by atoms with Crippen LogP contribution in [0, 0.1) is 5.82 Å². The van der Waals surface area contributed by atoms with Crippen LogP contribution in [0.3, 0.4) is 0 Å². The van der Waals surface area contributed by atoms with E-state index in [1.807, 2.05) is 0 Å². The lowest BCUT2D eigenvalue weighted by molar-refractivity contribution is -0.119. The molecule has 0 saturated carbocycles. The van der Waals surface area contributed by atoms with Gasteiger partial charge in [0.15, 0.2) is 0 Å². The van der Waals surface area contributed by atoms with Crippen LogP contribution in [-0.4, -0.2) is 23.9 Å². The topological polar surface area (TPSA) is 51.2 Å². The van der Waals surface area contributed by atoms with Crippen molar-refractivity contribution in [3.05, 3.63) is 46.0 Å². The summed E-state index contributed by atoms with van der Waals surface area (Å²) in [4.78, 5) is 15.1. The van der Waals surface area contributed by atoms with Crippen molar-refractivity contribution < 1.29 is 22.7 Å². The van der Waals surface area contributed by atoms with Gasteiger partial charge in [-0.2, -0.15) is 0 Å². The summed E-state index contributed by atoms with van der Waals surface area (Å²) in [6, 6.07) is 3.27. The van der Waals surface area contributed by atoms with Crippen LogP contribution in [0.1, 0.15) is 25.6 Å². The molecule has 1 aromatic heterocycles. The second kappa shape index (κ2) is 8.60. The number of nitrogens with zero attached hydrogens (tertiary/aromatic N) is 1. The molecule has 0 aliphatic heterocycles. The minimum atomic E-state index is -2.70. The number of amides is 1. The predicted molar refractivity (Wildman–Crippen MR) is 93.4 cm³/mol. The Hall–Kier alpha value is -1.99. The summed E-state index contributed by atoms with van der Waals surface area (Å²) in [7, 11) is 0. The zero-order chi connectivity index (χ0) is 19.4. The summed E-state index contributed by atoms with van der Waals surface area (Å²) in [5.74, 6) is -1.05. The molecule has 4 nitrogen and oxygen atoms in total. The fourth-order valence-electron chi connectivity index (χ4n) is 2.36. The van der Waals surface area contributed by atoms with Crippen LogP contribution in [0.2, 0.25) is 10.0 Å². The first kappa shape index (κ1) is 20.3. The molecule has 0 radical (unpaired) electrons. The van der Waals surface area contributed by atoms with Crippen molar-refractivity contribution in [2.75, 3.05) is 6.61 Å². The third-order valence-electron chi connectivity index (χ3n) is 3.37. The number of pyridine rings is 1. The van der Waals surface area contributed by atoms with Crippen molar-refractivity contribution in [1.29, 1.82) is 0 Å². The number of hydrogen-bond donors (Lipinski definition) is 1. The molecule has 0 saturated heterocycles. The van der Waals surface area contributed by atoms with Gasteiger partial charge in [0.25, 0.3) is 6.43 Å². The Bertz CT molecular complexity index is 819. The molecule has 0 aliphatic carbocycles. The van der Waals surface area contributed by atoms with Crippen molar-refractivity contribution in [1.82, 2.24) is 10.3 Å². The summed E-state index contributed by atoms with van der Waals surface area (Å²) < 4.78 is 44.5. The third-order valence-corrected chi connectivity index (χ3v) is 3.87. The van der Waals surface area contributed by atoms with Crippen LogP contribution in [0.15, 0.2) is 24.4 Å². The van der Waals surface area contributed by atoms with Gasteiger partial charge in [-0.3, -0.25) is 9.78 Å². The van der Waals surface area contributed by atoms with Gasteiger partial charge in [-0.05, 0) is 25.1 Å². The number of carbonyl (C=O) groups excluding carboxylic acids is 1. The SMILES string of the molecule is CC(=O)N[C@H](C)c1ncc(-c2cc(Cl)cc(Cl)c2OCC(F)F)cc1F. The first-order valence-electron chi connectivity index (χ1n) is 7.52. The third kappa shape index (κ3) is 5.02. The lowest BCUT2D eigenvalue weighted by atomic mass is 10.0. The number of nitrogens with one attached hydrogen (secondary N) is 1. The Balaban J connectivity index is 2.44. The predicted octanol–water partition coefficient (Wildman–Crippen LogP) is 5.04. The summed E-state index contributed by atoms with van der Waals surface area (Å²) in [5, 5.41) is 2.77. The highest BCUT2D eigenvalue weighted by molar-refractivity contribution is 6.36. The van der Waals surface area contributed by atoms with E-state index in [1.54, 1.807) is 6.92 Å². The van der Waals surface area contributed by atoms with Crippen molar-refractivity contribution in [2.24, 2.45) is 0 Å². The maximum atomic E-state index is 14.4. The maximum Gasteiger partial charge on any atom is 0.272 e. The summed E-state index contributed by atoms with van der Waals surface area (Å²) >= 11 is 12.0. The highest BCUT2D eigenvalue weighted by atomic mass is 35.5. The van der Waals surface area contributed by atoms with Crippen molar-refractivity contribution in [3.8, 4) is 16.9 Å². The van der Waals surface area contributed by atoms with Gasteiger partial charge in [0, 0.05) is 29.3 Å². The van der Waals surface area contributed by atoms with E-state index in [1.165, 1.54) is 25.3 Å². The fourth-order valence-corrected chi connectivity index (χ4v) is 2.90. The molecular weight excluding hydrogens is 392 g/mol. The molecule has 1 atom stereocenters. The van der Waals surface area contributed by atoms with Crippen LogP contribution in [0.25, 0.3) is 11.1 Å². The molecule has 0 aliphatic rings. The quantitative estimate of drug-likeness (QED) is 0.731. The van der Waals surface area contributed by atoms with E-state index < -0.39 is 24.9 Å². The van der Waals surface area contributed by atoms with Gasteiger partial charge < -0.3 is 10.1 Å². The van der Waals surface area contributed by atoms with Gasteiger partial charge in [-0.25, -0.2) is 13.2 Å². The van der Waals surface area contributed by atoms with Crippen LogP contribution < -0.4 is 10.1 Å². The van der Waals surface area contributed by atoms with Crippen LogP contribution in [0.4, 0.5) is 13.2 Å². The molecule has 26 heavy (non-hydrogen) atoms. The molecule has 1 N–H and O–H groups in total. The number of rotatable bonds is 6. The van der Waals surface area contributed by atoms with Crippen molar-refractivity contribution in [2.45, 2.75) is 26.3 Å². The molecule has 1 amide bonds. The second-order valence-electron chi connectivity index (χ2n) is 5.48. The average Bonchev–Trinajstić information content (AvgIpc) is 2.52. The Morgan fingerprint density at radius 3 is 2.58 bits per heavy atom. The number of halogens is 5. The molecule has 0 bridgehead atoms. The smallest absolute Gasteiger partial charge is 0.272 e. The van der Waals surface area contributed by atoms with Gasteiger partial charge in [0.1, 0.15) is 18.2 Å². The molecule has 0 spiro atoms. The molecule has 1 aromatic carbocycles. The summed E-state index contributed by atoms with van der Waals surface area (Å²) in [5.41, 5.74) is 0.510. The monoisotopic (exact) mass is 406 g/mol. The molecule has 9 heteroatoms. The summed E-state index contributed by atoms with van der Waals surface area (Å²) in [6.07, 6.45) is -1.38. The van der Waals surface area contributed by atoms with E-state index in [-0.39, 0.29) is 38.5 Å². The van der Waals surface area contributed by atoms with E-state index in [0.29, 0.717) is 0 Å². The molecule has 0 unspecified atom stereocenters. The Morgan fingerprint density at radius 1 is 1.31 bits per heavy atom. The standard InChI is InChI=1S/C17H15Cl2F3N2O2/c1-8(24-9(2)25)16-14(20)3-10(6-23-16)12-4-11(18)5-13(19)17(12)26-7-15(21)22/h3-6,8,15H,7H2,1-2H3,(H,24,25)/t8-/m1/s1. The number of hydrogen-bond acceptors (Lipinski definition) is 3. The minimum Gasteiger partial charge on any atom is -0.485 e. The molecule has 2 rings (SSSR count). The van der Waals surface area contributed by atoms with Gasteiger partial charge >= 0.3 is 0 Å². The lowest BCUT2D eigenvalue weighted by Crippen LogP contribution is -2.25. The van der Waals surface area contributed by atoms with Crippen molar-refractivity contribution >= 4 is 29.1 Å². The molecule has 2 aromatic rings. The van der Waals surface area contributed by atoms with Crippen molar-refractivity contribution in [3.63, 3.8) is 0 Å².